The van der Waals surface area contributed by atoms with E-state index < -0.39 is 0 Å². The average molecular weight is 238 g/mol. The first-order chi connectivity index (χ1) is 7.54. The van der Waals surface area contributed by atoms with Crippen LogP contribution >= 0.6 is 11.6 Å². The summed E-state index contributed by atoms with van der Waals surface area (Å²) in [5.74, 6) is 0.615. The van der Waals surface area contributed by atoms with Crippen LogP contribution in [0.3, 0.4) is 0 Å². The van der Waals surface area contributed by atoms with Crippen molar-refractivity contribution in [1.29, 1.82) is 0 Å². The van der Waals surface area contributed by atoms with E-state index in [1.165, 1.54) is 0 Å². The third-order valence-corrected chi connectivity index (χ3v) is 2.91. The normalized spacial score (nSPS) is 10.8. The smallest absolute Gasteiger partial charge is 0.162 e. The minimum Gasteiger partial charge on any atom is -0.495 e. The zero-order valence-electron chi connectivity index (χ0n) is 9.35. The lowest BCUT2D eigenvalue weighted by Crippen LogP contribution is -1.93. The summed E-state index contributed by atoms with van der Waals surface area (Å²) < 4.78 is 5.14. The predicted octanol–water partition coefficient (Wildman–Crippen LogP) is 3.34. The van der Waals surface area contributed by atoms with Crippen molar-refractivity contribution >= 4 is 28.3 Å². The summed E-state index contributed by atoms with van der Waals surface area (Å²) in [7, 11) is 1.56. The number of Topliss-reactive ketones (excluding diaryl/α,β-unsaturated/α-hetero) is 1. The van der Waals surface area contributed by atoms with Crippen molar-refractivity contribution in [3.63, 3.8) is 0 Å². The maximum absolute atomic E-state index is 11.5. The summed E-state index contributed by atoms with van der Waals surface area (Å²) in [5, 5.41) is 1.39. The number of carbonyl (C=O) groups is 1. The van der Waals surface area contributed by atoms with Gasteiger partial charge in [0.05, 0.1) is 12.1 Å². The van der Waals surface area contributed by atoms with Gasteiger partial charge in [-0.05, 0) is 26.0 Å². The fraction of sp³-hybridized carbons (Fsp3) is 0.250. The number of H-pyrrole nitrogens is 1. The molecule has 1 aromatic carbocycles. The summed E-state index contributed by atoms with van der Waals surface area (Å²) in [6, 6.07) is 3.56. The molecule has 0 spiro atoms. The molecule has 0 unspecified atom stereocenters. The minimum absolute atomic E-state index is 0.0353. The van der Waals surface area contributed by atoms with Gasteiger partial charge in [-0.1, -0.05) is 11.6 Å². The van der Waals surface area contributed by atoms with E-state index in [2.05, 4.69) is 4.98 Å². The molecule has 0 aliphatic heterocycles. The van der Waals surface area contributed by atoms with Crippen LogP contribution in [0.2, 0.25) is 5.02 Å². The van der Waals surface area contributed by atoms with Crippen LogP contribution in [0.5, 0.6) is 5.75 Å². The summed E-state index contributed by atoms with van der Waals surface area (Å²) in [6.07, 6.45) is 0. The minimum atomic E-state index is 0.0353. The van der Waals surface area contributed by atoms with E-state index in [4.69, 9.17) is 16.3 Å². The molecular weight excluding hydrogens is 226 g/mol. The summed E-state index contributed by atoms with van der Waals surface area (Å²) in [6.45, 7) is 3.42. The monoisotopic (exact) mass is 237 g/mol. The van der Waals surface area contributed by atoms with Crippen molar-refractivity contribution in [1.82, 2.24) is 4.98 Å². The van der Waals surface area contributed by atoms with Gasteiger partial charge in [0.1, 0.15) is 5.75 Å². The number of hydrogen-bond acceptors (Lipinski definition) is 2. The van der Waals surface area contributed by atoms with Gasteiger partial charge in [-0.15, -0.1) is 0 Å². The Hall–Kier alpha value is -1.48. The van der Waals surface area contributed by atoms with E-state index in [0.29, 0.717) is 16.3 Å². The topological polar surface area (TPSA) is 42.1 Å². The fourth-order valence-electron chi connectivity index (χ4n) is 1.94. The molecule has 0 aliphatic carbocycles. The number of hydrogen-bond donors (Lipinski definition) is 1. The van der Waals surface area contributed by atoms with Gasteiger partial charge in [0.15, 0.2) is 5.78 Å². The first kappa shape index (κ1) is 11.0. The Balaban J connectivity index is 2.82. The molecular formula is C12H12ClNO2. The lowest BCUT2D eigenvalue weighted by molar-refractivity contribution is 0.101. The Kier molecular flexibility index (Phi) is 2.64. The lowest BCUT2D eigenvalue weighted by Gasteiger charge is -2.03. The third-order valence-electron chi connectivity index (χ3n) is 2.61. The number of aromatic amines is 1. The molecule has 1 heterocycles. The van der Waals surface area contributed by atoms with Gasteiger partial charge in [0, 0.05) is 22.2 Å². The van der Waals surface area contributed by atoms with Gasteiger partial charge in [-0.2, -0.15) is 0 Å². The molecule has 0 amide bonds. The predicted molar refractivity (Wildman–Crippen MR) is 64.6 cm³/mol. The van der Waals surface area contributed by atoms with Crippen LogP contribution < -0.4 is 4.74 Å². The lowest BCUT2D eigenvalue weighted by atomic mass is 10.1. The second kappa shape index (κ2) is 3.83. The molecule has 84 valence electrons. The van der Waals surface area contributed by atoms with Gasteiger partial charge in [0.25, 0.3) is 0 Å². The van der Waals surface area contributed by atoms with E-state index >= 15 is 0 Å². The second-order valence-corrected chi connectivity index (χ2v) is 4.12. The Labute approximate surface area is 98.4 Å². The molecule has 2 aromatic rings. The number of halogens is 1. The highest BCUT2D eigenvalue weighted by Crippen LogP contribution is 2.32. The van der Waals surface area contributed by atoms with Gasteiger partial charge in [-0.3, -0.25) is 4.79 Å². The van der Waals surface area contributed by atoms with Crippen molar-refractivity contribution in [3.8, 4) is 5.75 Å². The Morgan fingerprint density at radius 1 is 1.44 bits per heavy atom. The molecule has 3 nitrogen and oxygen atoms in total. The molecule has 2 rings (SSSR count). The van der Waals surface area contributed by atoms with Crippen molar-refractivity contribution in [2.45, 2.75) is 13.8 Å². The van der Waals surface area contributed by atoms with Crippen molar-refractivity contribution in [2.24, 2.45) is 0 Å². The highest BCUT2D eigenvalue weighted by molar-refractivity contribution is 6.33. The first-order valence-electron chi connectivity index (χ1n) is 4.91. The largest absolute Gasteiger partial charge is 0.495 e. The Morgan fingerprint density at radius 2 is 2.12 bits per heavy atom. The van der Waals surface area contributed by atoms with Crippen LogP contribution in [0.4, 0.5) is 0 Å². The van der Waals surface area contributed by atoms with E-state index in [-0.39, 0.29) is 5.78 Å². The maximum atomic E-state index is 11.5. The molecule has 0 saturated heterocycles. The summed E-state index contributed by atoms with van der Waals surface area (Å²) in [5.41, 5.74) is 2.41. The Bertz CT molecular complexity index is 572. The SMILES string of the molecule is COc1cc2c(C(C)=O)c(C)[nH]c2cc1Cl. The molecule has 0 aliphatic rings. The highest BCUT2D eigenvalue weighted by Gasteiger charge is 2.14. The van der Waals surface area contributed by atoms with Crippen molar-refractivity contribution in [2.75, 3.05) is 7.11 Å². The standard InChI is InChI=1S/C12H12ClNO2/c1-6-12(7(2)15)8-4-11(16-3)9(13)5-10(8)14-6/h4-5,14H,1-3H3. The van der Waals surface area contributed by atoms with E-state index in [1.807, 2.05) is 6.92 Å². The number of nitrogens with one attached hydrogen (secondary N) is 1. The summed E-state index contributed by atoms with van der Waals surface area (Å²) in [4.78, 5) is 14.7. The fourth-order valence-corrected chi connectivity index (χ4v) is 2.18. The number of ether oxygens (including phenoxy) is 1. The highest BCUT2D eigenvalue weighted by atomic mass is 35.5. The third kappa shape index (κ3) is 1.57. The molecule has 1 aromatic heterocycles. The van der Waals surface area contributed by atoms with E-state index in [0.717, 1.165) is 16.6 Å². The number of rotatable bonds is 2. The molecule has 0 saturated carbocycles. The molecule has 16 heavy (non-hydrogen) atoms. The molecule has 0 fully saturated rings. The molecule has 0 bridgehead atoms. The quantitative estimate of drug-likeness (QED) is 0.814. The molecule has 1 N–H and O–H groups in total. The second-order valence-electron chi connectivity index (χ2n) is 3.71. The van der Waals surface area contributed by atoms with Gasteiger partial charge < -0.3 is 9.72 Å². The van der Waals surface area contributed by atoms with Crippen LogP contribution in [0.25, 0.3) is 10.9 Å². The molecule has 4 heteroatoms. The first-order valence-corrected chi connectivity index (χ1v) is 5.29. The number of methoxy groups -OCH3 is 1. The number of aryl methyl sites for hydroxylation is 1. The zero-order valence-corrected chi connectivity index (χ0v) is 10.1. The van der Waals surface area contributed by atoms with Crippen LogP contribution in [0.15, 0.2) is 12.1 Å². The van der Waals surface area contributed by atoms with Gasteiger partial charge in [0.2, 0.25) is 0 Å². The number of ketones is 1. The van der Waals surface area contributed by atoms with Crippen LogP contribution in [0, 0.1) is 6.92 Å². The van der Waals surface area contributed by atoms with Crippen LogP contribution in [-0.4, -0.2) is 17.9 Å². The summed E-state index contributed by atoms with van der Waals surface area (Å²) >= 11 is 6.01. The number of carbonyl (C=O) groups excluding carboxylic acids is 1. The van der Waals surface area contributed by atoms with Crippen molar-refractivity contribution in [3.05, 3.63) is 28.4 Å². The van der Waals surface area contributed by atoms with Gasteiger partial charge in [-0.25, -0.2) is 0 Å². The zero-order chi connectivity index (χ0) is 11.9. The molecule has 0 atom stereocenters. The van der Waals surface area contributed by atoms with E-state index in [1.54, 1.807) is 26.2 Å². The number of aromatic nitrogens is 1. The van der Waals surface area contributed by atoms with Crippen molar-refractivity contribution < 1.29 is 9.53 Å². The number of benzene rings is 1. The Morgan fingerprint density at radius 3 is 2.69 bits per heavy atom. The van der Waals surface area contributed by atoms with Crippen LogP contribution in [-0.2, 0) is 0 Å². The maximum Gasteiger partial charge on any atom is 0.162 e. The molecule has 0 radical (unpaired) electrons. The number of fused-ring (bicyclic) bond motifs is 1. The van der Waals surface area contributed by atoms with Crippen LogP contribution in [0.1, 0.15) is 23.0 Å². The average Bonchev–Trinajstić information content (AvgIpc) is 2.51. The van der Waals surface area contributed by atoms with Gasteiger partial charge >= 0.3 is 0 Å². The van der Waals surface area contributed by atoms with E-state index in [9.17, 15) is 4.79 Å².